The van der Waals surface area contributed by atoms with Crippen molar-refractivity contribution in [2.45, 2.75) is 35.0 Å². The number of amides is 1. The maximum atomic E-state index is 12.5. The van der Waals surface area contributed by atoms with Crippen LogP contribution >= 0.6 is 22.6 Å². The molecule has 1 amide bonds. The number of hydrogen-bond acceptors (Lipinski definition) is 4. The molecule has 0 heterocycles. The molecule has 0 saturated heterocycles. The monoisotopic (exact) mass is 553 g/mol. The van der Waals surface area contributed by atoms with Crippen molar-refractivity contribution in [2.75, 3.05) is 11.9 Å². The zero-order chi connectivity index (χ0) is 22.6. The summed E-state index contributed by atoms with van der Waals surface area (Å²) in [6, 6.07) is 17.2. The zero-order valence-electron chi connectivity index (χ0n) is 17.2. The number of alkyl halides is 1. The lowest BCUT2D eigenvalue weighted by Crippen LogP contribution is -2.20. The van der Waals surface area contributed by atoms with Gasteiger partial charge in [0.1, 0.15) is 10.6 Å². The van der Waals surface area contributed by atoms with Crippen LogP contribution in [0.2, 0.25) is 0 Å². The second-order valence-electron chi connectivity index (χ2n) is 7.23. The van der Waals surface area contributed by atoms with Gasteiger partial charge in [-0.15, -0.1) is 0 Å². The predicted octanol–water partition coefficient (Wildman–Crippen LogP) is 5.42. The van der Waals surface area contributed by atoms with E-state index in [1.165, 1.54) is 17.7 Å². The van der Waals surface area contributed by atoms with Gasteiger partial charge in [-0.1, -0.05) is 72.8 Å². The lowest BCUT2D eigenvalue weighted by molar-refractivity contribution is -0.118. The summed E-state index contributed by atoms with van der Waals surface area (Å²) >= 11 is 2.42. The Balaban J connectivity index is 1.75. The quantitative estimate of drug-likeness (QED) is 0.221. The molecule has 0 spiro atoms. The van der Waals surface area contributed by atoms with Gasteiger partial charge >= 0.3 is 0 Å². The van der Waals surface area contributed by atoms with Gasteiger partial charge in [0.05, 0.1) is 0 Å². The lowest BCUT2D eigenvalue weighted by atomic mass is 9.94. The highest BCUT2D eigenvalue weighted by Gasteiger charge is 2.17. The highest BCUT2D eigenvalue weighted by molar-refractivity contribution is 14.1. The minimum absolute atomic E-state index is 0.186. The molecule has 0 fully saturated rings. The van der Waals surface area contributed by atoms with Crippen molar-refractivity contribution < 1.29 is 22.5 Å². The Morgan fingerprint density at radius 1 is 1.10 bits per heavy atom. The van der Waals surface area contributed by atoms with Gasteiger partial charge in [0.2, 0.25) is 0 Å². The molecule has 6 nitrogen and oxygen atoms in total. The number of nitrogens with one attached hydrogen (secondary N) is 1. The van der Waals surface area contributed by atoms with Crippen molar-refractivity contribution in [3.05, 3.63) is 66.2 Å². The van der Waals surface area contributed by atoms with Gasteiger partial charge in [0.25, 0.3) is 16.0 Å². The predicted molar refractivity (Wildman–Crippen MR) is 131 cm³/mol. The van der Waals surface area contributed by atoms with Crippen LogP contribution in [0.3, 0.4) is 0 Å². The fourth-order valence-corrected chi connectivity index (χ4v) is 5.24. The fraction of sp³-hybridized carbons (Fsp3) is 0.261. The summed E-state index contributed by atoms with van der Waals surface area (Å²) in [7, 11) is -4.38. The van der Waals surface area contributed by atoms with E-state index in [1.54, 1.807) is 24.3 Å². The summed E-state index contributed by atoms with van der Waals surface area (Å²) in [6.07, 6.45) is 1.01. The number of halogens is 1. The molecule has 3 rings (SSSR count). The molecule has 0 bridgehead atoms. The molecule has 0 radical (unpaired) electrons. The minimum Gasteiger partial charge on any atom is -0.484 e. The largest absolute Gasteiger partial charge is 0.484 e. The van der Waals surface area contributed by atoms with Crippen molar-refractivity contribution in [1.82, 2.24) is 0 Å². The van der Waals surface area contributed by atoms with E-state index in [2.05, 4.69) is 47.8 Å². The molecule has 8 heteroatoms. The SMILES string of the molecule is CCC(c1cccc(OCC(=O)Nc2cccc3c(S(=O)(=O)O)cccc23)c1)C(C)I. The topological polar surface area (TPSA) is 92.7 Å². The number of anilines is 1. The van der Waals surface area contributed by atoms with Gasteiger partial charge in [-0.05, 0) is 42.2 Å². The van der Waals surface area contributed by atoms with E-state index in [-0.39, 0.29) is 17.4 Å². The summed E-state index contributed by atoms with van der Waals surface area (Å²) in [5, 5.41) is 3.60. The Morgan fingerprint density at radius 3 is 2.45 bits per heavy atom. The van der Waals surface area contributed by atoms with Gasteiger partial charge in [-0.3, -0.25) is 9.35 Å². The minimum atomic E-state index is -4.38. The number of rotatable bonds is 8. The third-order valence-corrected chi connectivity index (χ3v) is 6.86. The summed E-state index contributed by atoms with van der Waals surface area (Å²) < 4.78 is 38.9. The van der Waals surface area contributed by atoms with Gasteiger partial charge in [-0.2, -0.15) is 8.42 Å². The summed E-state index contributed by atoms with van der Waals surface area (Å²) in [5.41, 5.74) is 1.62. The first-order valence-electron chi connectivity index (χ1n) is 9.86. The highest BCUT2D eigenvalue weighted by atomic mass is 127. The Bertz CT molecular complexity index is 1190. The maximum Gasteiger partial charge on any atom is 0.295 e. The number of benzene rings is 3. The van der Waals surface area contributed by atoms with E-state index >= 15 is 0 Å². The molecule has 164 valence electrons. The molecule has 3 aromatic rings. The number of hydrogen-bond donors (Lipinski definition) is 2. The van der Waals surface area contributed by atoms with E-state index in [0.717, 1.165) is 6.42 Å². The average Bonchev–Trinajstić information content (AvgIpc) is 2.72. The Morgan fingerprint density at radius 2 is 1.77 bits per heavy atom. The van der Waals surface area contributed by atoms with Gasteiger partial charge in [-0.25, -0.2) is 0 Å². The number of carbonyl (C=O) groups excluding carboxylic acids is 1. The van der Waals surface area contributed by atoms with Crippen molar-refractivity contribution in [1.29, 1.82) is 0 Å². The summed E-state index contributed by atoms with van der Waals surface area (Å²) in [6.45, 7) is 4.14. The van der Waals surface area contributed by atoms with Gasteiger partial charge < -0.3 is 10.1 Å². The fourth-order valence-electron chi connectivity index (χ4n) is 3.61. The molecule has 2 N–H and O–H groups in total. The maximum absolute atomic E-state index is 12.5. The van der Waals surface area contributed by atoms with E-state index in [0.29, 0.717) is 32.1 Å². The van der Waals surface area contributed by atoms with Crippen LogP contribution in [0, 0.1) is 0 Å². The van der Waals surface area contributed by atoms with E-state index < -0.39 is 10.1 Å². The first-order chi connectivity index (χ1) is 14.7. The third kappa shape index (κ3) is 5.75. The van der Waals surface area contributed by atoms with Crippen LogP contribution in [0.4, 0.5) is 5.69 Å². The van der Waals surface area contributed by atoms with Crippen LogP contribution in [-0.4, -0.2) is 29.4 Å². The van der Waals surface area contributed by atoms with Crippen LogP contribution in [0.15, 0.2) is 65.6 Å². The molecule has 0 saturated carbocycles. The first-order valence-corrected chi connectivity index (χ1v) is 12.5. The van der Waals surface area contributed by atoms with Crippen LogP contribution in [-0.2, 0) is 14.9 Å². The van der Waals surface area contributed by atoms with E-state index in [4.69, 9.17) is 4.74 Å². The van der Waals surface area contributed by atoms with Crippen molar-refractivity contribution >= 4 is 55.1 Å². The molecule has 2 atom stereocenters. The van der Waals surface area contributed by atoms with Crippen LogP contribution in [0.1, 0.15) is 31.7 Å². The third-order valence-electron chi connectivity index (χ3n) is 5.08. The van der Waals surface area contributed by atoms with Crippen molar-refractivity contribution in [3.8, 4) is 5.75 Å². The lowest BCUT2D eigenvalue weighted by Gasteiger charge is -2.19. The summed E-state index contributed by atoms with van der Waals surface area (Å²) in [5.74, 6) is 0.657. The number of ether oxygens (including phenoxy) is 1. The zero-order valence-corrected chi connectivity index (χ0v) is 20.2. The van der Waals surface area contributed by atoms with Gasteiger partial charge in [0, 0.05) is 20.4 Å². The van der Waals surface area contributed by atoms with E-state index in [9.17, 15) is 17.8 Å². The standard InChI is InChI=1S/C23H24INO5S/c1-3-18(15(2)24)16-7-4-8-17(13-16)30-14-23(26)25-21-11-5-10-20-19(21)9-6-12-22(20)31(27,28)29/h4-13,15,18H,3,14H2,1-2H3,(H,25,26)(H,27,28,29). The average molecular weight is 553 g/mol. The van der Waals surface area contributed by atoms with Crippen LogP contribution < -0.4 is 10.1 Å². The van der Waals surface area contributed by atoms with Crippen LogP contribution in [0.5, 0.6) is 5.75 Å². The van der Waals surface area contributed by atoms with Crippen molar-refractivity contribution in [2.24, 2.45) is 0 Å². The number of fused-ring (bicyclic) bond motifs is 1. The van der Waals surface area contributed by atoms with E-state index in [1.807, 2.05) is 18.2 Å². The molecule has 2 unspecified atom stereocenters. The molecule has 0 aliphatic carbocycles. The highest BCUT2D eigenvalue weighted by Crippen LogP contribution is 2.31. The molecule has 0 aliphatic heterocycles. The Hall–Kier alpha value is -2.17. The molecule has 0 aliphatic rings. The van der Waals surface area contributed by atoms with Gasteiger partial charge in [0.15, 0.2) is 6.61 Å². The molecular weight excluding hydrogens is 529 g/mol. The molecule has 31 heavy (non-hydrogen) atoms. The number of carbonyl (C=O) groups is 1. The Kier molecular flexibility index (Phi) is 7.55. The van der Waals surface area contributed by atoms with Crippen molar-refractivity contribution in [3.63, 3.8) is 0 Å². The molecule has 3 aromatic carbocycles. The van der Waals surface area contributed by atoms with Crippen LogP contribution in [0.25, 0.3) is 10.8 Å². The second-order valence-corrected chi connectivity index (χ2v) is 10.6. The second kappa shape index (κ2) is 9.97. The smallest absolute Gasteiger partial charge is 0.295 e. The molecule has 0 aromatic heterocycles. The molecular formula is C23H24INO5S. The summed E-state index contributed by atoms with van der Waals surface area (Å²) in [4.78, 5) is 12.3. The Labute approximate surface area is 195 Å². The first kappa shape index (κ1) is 23.5. The normalized spacial score (nSPS) is 13.5.